The highest BCUT2D eigenvalue weighted by molar-refractivity contribution is 6.37. The van der Waals surface area contributed by atoms with Gasteiger partial charge in [0.15, 0.2) is 0 Å². The Morgan fingerprint density at radius 2 is 2.03 bits per heavy atom. The van der Waals surface area contributed by atoms with Crippen LogP contribution in [0.15, 0.2) is 53.7 Å². The van der Waals surface area contributed by atoms with E-state index in [1.165, 1.54) is 0 Å². The summed E-state index contributed by atoms with van der Waals surface area (Å²) < 4.78 is 5.31. The van der Waals surface area contributed by atoms with E-state index in [1.54, 1.807) is 30.6 Å². The molecule has 0 unspecified atom stereocenters. The van der Waals surface area contributed by atoms with Crippen molar-refractivity contribution in [3.63, 3.8) is 0 Å². The number of nitrogens with one attached hydrogen (secondary N) is 2. The molecule has 0 bridgehead atoms. The monoisotopic (exact) mass is 478 g/mol. The molecule has 0 radical (unpaired) electrons. The Hall–Kier alpha value is -3.42. The number of amides is 1. The number of nitrogens with zero attached hydrogens (tertiary/aromatic N) is 2. The largest absolute Gasteiger partial charge is 0.380 e. The van der Waals surface area contributed by atoms with E-state index in [9.17, 15) is 9.59 Å². The van der Waals surface area contributed by atoms with Crippen LogP contribution in [-0.2, 0) is 17.9 Å². The summed E-state index contributed by atoms with van der Waals surface area (Å²) in [5.41, 5.74) is 4.75. The number of fused-ring (bicyclic) bond motifs is 1. The second-order valence-corrected chi connectivity index (χ2v) is 8.98. The molecule has 0 aliphatic heterocycles. The number of aromatic amines is 2. The highest BCUT2D eigenvalue weighted by atomic mass is 35.5. The van der Waals surface area contributed by atoms with E-state index < -0.39 is 0 Å². The Morgan fingerprint density at radius 1 is 1.24 bits per heavy atom. The van der Waals surface area contributed by atoms with Crippen LogP contribution in [0.25, 0.3) is 22.0 Å². The van der Waals surface area contributed by atoms with Gasteiger partial charge < -0.3 is 19.6 Å². The third-order valence-corrected chi connectivity index (χ3v) is 6.13. The minimum absolute atomic E-state index is 0.144. The number of halogens is 1. The third kappa shape index (κ3) is 4.62. The molecule has 0 spiro atoms. The zero-order valence-electron chi connectivity index (χ0n) is 19.6. The number of methoxy groups -OCH3 is 1. The number of carbonyl (C=O) groups is 1. The summed E-state index contributed by atoms with van der Waals surface area (Å²) in [6.45, 7) is 6.11. The number of H-pyrrole nitrogens is 2. The van der Waals surface area contributed by atoms with Gasteiger partial charge in [0.25, 0.3) is 11.5 Å². The maximum absolute atomic E-state index is 14.0. The van der Waals surface area contributed by atoms with Gasteiger partial charge in [-0.2, -0.15) is 0 Å². The summed E-state index contributed by atoms with van der Waals surface area (Å²) in [5, 5.41) is 1.12. The van der Waals surface area contributed by atoms with Crippen molar-refractivity contribution in [3.05, 3.63) is 86.7 Å². The minimum atomic E-state index is -0.223. The topological polar surface area (TPSA) is 91.1 Å². The van der Waals surface area contributed by atoms with E-state index in [0.29, 0.717) is 21.5 Å². The van der Waals surface area contributed by atoms with Crippen molar-refractivity contribution >= 4 is 28.4 Å². The fourth-order valence-electron chi connectivity index (χ4n) is 4.15. The lowest BCUT2D eigenvalue weighted by atomic mass is 9.99. The van der Waals surface area contributed by atoms with E-state index >= 15 is 0 Å². The number of pyridine rings is 2. The van der Waals surface area contributed by atoms with Crippen LogP contribution in [0.1, 0.15) is 41.0 Å². The molecule has 1 aromatic carbocycles. The Labute approximate surface area is 202 Å². The summed E-state index contributed by atoms with van der Waals surface area (Å²) >= 11 is 6.49. The fraction of sp³-hybridized carbons (Fsp3) is 0.269. The molecule has 176 valence electrons. The molecule has 4 rings (SSSR count). The lowest BCUT2D eigenvalue weighted by molar-refractivity contribution is 0.0689. The van der Waals surface area contributed by atoms with Gasteiger partial charge in [0, 0.05) is 59.5 Å². The SMILES string of the molecule is COCc1cc(C)[nH]c(=O)c1CN(C(=O)c1cc(-c2cccnc2)cc2[nH]cc(Cl)c12)C(C)C. The first kappa shape index (κ1) is 23.7. The minimum Gasteiger partial charge on any atom is -0.380 e. The molecule has 7 nitrogen and oxygen atoms in total. The second kappa shape index (κ2) is 9.83. The molecule has 0 aliphatic carbocycles. The van der Waals surface area contributed by atoms with Crippen LogP contribution < -0.4 is 5.56 Å². The first-order valence-electron chi connectivity index (χ1n) is 11.0. The molecule has 0 atom stereocenters. The van der Waals surface area contributed by atoms with Crippen LogP contribution in [0.3, 0.4) is 0 Å². The first-order chi connectivity index (χ1) is 16.3. The average Bonchev–Trinajstić information content (AvgIpc) is 3.19. The van der Waals surface area contributed by atoms with Crippen LogP contribution in [0.5, 0.6) is 0 Å². The van der Waals surface area contributed by atoms with Crippen molar-refractivity contribution in [3.8, 4) is 11.1 Å². The Kier molecular flexibility index (Phi) is 6.86. The second-order valence-electron chi connectivity index (χ2n) is 8.57. The van der Waals surface area contributed by atoms with Crippen molar-refractivity contribution < 1.29 is 9.53 Å². The van der Waals surface area contributed by atoms with Gasteiger partial charge in [-0.1, -0.05) is 17.7 Å². The highest BCUT2D eigenvalue weighted by Gasteiger charge is 2.25. The maximum atomic E-state index is 14.0. The van der Waals surface area contributed by atoms with Crippen molar-refractivity contribution in [2.24, 2.45) is 0 Å². The molecule has 0 aliphatic rings. The van der Waals surface area contributed by atoms with Gasteiger partial charge in [0.1, 0.15) is 0 Å². The van der Waals surface area contributed by atoms with Crippen LogP contribution >= 0.6 is 11.6 Å². The Bertz CT molecular complexity index is 1390. The highest BCUT2D eigenvalue weighted by Crippen LogP contribution is 2.33. The average molecular weight is 479 g/mol. The van der Waals surface area contributed by atoms with Gasteiger partial charge in [-0.3, -0.25) is 14.6 Å². The van der Waals surface area contributed by atoms with Crippen LogP contribution in [0.2, 0.25) is 5.02 Å². The van der Waals surface area contributed by atoms with Gasteiger partial charge in [-0.15, -0.1) is 0 Å². The van der Waals surface area contributed by atoms with Gasteiger partial charge in [0.05, 0.1) is 23.7 Å². The van der Waals surface area contributed by atoms with Crippen molar-refractivity contribution in [2.45, 2.75) is 40.0 Å². The number of hydrogen-bond acceptors (Lipinski definition) is 4. The molecule has 8 heteroatoms. The number of aryl methyl sites for hydroxylation is 1. The number of carbonyl (C=O) groups excluding carboxylic acids is 1. The molecule has 0 saturated heterocycles. The fourth-order valence-corrected chi connectivity index (χ4v) is 4.41. The van der Waals surface area contributed by atoms with Crippen LogP contribution in [0.4, 0.5) is 0 Å². The number of rotatable bonds is 7. The molecule has 34 heavy (non-hydrogen) atoms. The van der Waals surface area contributed by atoms with Crippen molar-refractivity contribution in [1.29, 1.82) is 0 Å². The lowest BCUT2D eigenvalue weighted by Crippen LogP contribution is -2.38. The van der Waals surface area contributed by atoms with E-state index in [0.717, 1.165) is 27.9 Å². The van der Waals surface area contributed by atoms with Gasteiger partial charge >= 0.3 is 0 Å². The predicted molar refractivity (Wildman–Crippen MR) is 134 cm³/mol. The molecular formula is C26H27ClN4O3. The molecule has 3 heterocycles. The first-order valence-corrected chi connectivity index (χ1v) is 11.4. The summed E-state index contributed by atoms with van der Waals surface area (Å²) in [7, 11) is 1.58. The standard InChI is InChI=1S/C26H27ClN4O3/c1-15(2)31(13-21-19(14-34-4)8-16(3)30-25(21)32)26(33)20-9-18(17-6-5-7-28-11-17)10-23-24(20)22(27)12-29-23/h5-12,15,29H,13-14H2,1-4H3,(H,30,32). The number of benzene rings is 1. The summed E-state index contributed by atoms with van der Waals surface area (Å²) in [4.78, 5) is 38.7. The quantitative estimate of drug-likeness (QED) is 0.387. The van der Waals surface area contributed by atoms with E-state index in [4.69, 9.17) is 16.3 Å². The smallest absolute Gasteiger partial charge is 0.255 e. The number of hydrogen-bond donors (Lipinski definition) is 2. The van der Waals surface area contributed by atoms with Crippen LogP contribution in [0, 0.1) is 6.92 Å². The summed E-state index contributed by atoms with van der Waals surface area (Å²) in [5.74, 6) is -0.212. The normalized spacial score (nSPS) is 11.4. The van der Waals surface area contributed by atoms with E-state index in [2.05, 4.69) is 15.0 Å². The third-order valence-electron chi connectivity index (χ3n) is 5.83. The maximum Gasteiger partial charge on any atom is 0.255 e. The molecule has 3 aromatic heterocycles. The Balaban J connectivity index is 1.83. The van der Waals surface area contributed by atoms with Gasteiger partial charge in [-0.05, 0) is 56.2 Å². The van der Waals surface area contributed by atoms with Gasteiger partial charge in [-0.25, -0.2) is 0 Å². The summed E-state index contributed by atoms with van der Waals surface area (Å²) in [6, 6.07) is 9.30. The summed E-state index contributed by atoms with van der Waals surface area (Å²) in [6.07, 6.45) is 5.14. The molecule has 0 saturated carbocycles. The zero-order chi connectivity index (χ0) is 24.4. The Morgan fingerprint density at radius 3 is 2.71 bits per heavy atom. The predicted octanol–water partition coefficient (Wildman–Crippen LogP) is 5.08. The zero-order valence-corrected chi connectivity index (χ0v) is 20.4. The van der Waals surface area contributed by atoms with Gasteiger partial charge in [0.2, 0.25) is 0 Å². The molecule has 4 aromatic rings. The van der Waals surface area contributed by atoms with Crippen molar-refractivity contribution in [2.75, 3.05) is 7.11 Å². The molecule has 1 amide bonds. The van der Waals surface area contributed by atoms with Crippen LogP contribution in [-0.4, -0.2) is 38.9 Å². The molecule has 2 N–H and O–H groups in total. The number of ether oxygens (including phenoxy) is 1. The van der Waals surface area contributed by atoms with E-state index in [1.807, 2.05) is 51.1 Å². The molecular weight excluding hydrogens is 452 g/mol. The molecule has 0 fully saturated rings. The lowest BCUT2D eigenvalue weighted by Gasteiger charge is -2.28. The van der Waals surface area contributed by atoms with E-state index in [-0.39, 0.29) is 30.7 Å². The number of aromatic nitrogens is 3. The van der Waals surface area contributed by atoms with Crippen molar-refractivity contribution in [1.82, 2.24) is 19.9 Å².